The fourth-order valence-corrected chi connectivity index (χ4v) is 2.88. The number of carbonyl (C=O) groups is 2. The van der Waals surface area contributed by atoms with Crippen LogP contribution in [0.3, 0.4) is 0 Å². The van der Waals surface area contributed by atoms with Crippen LogP contribution in [0.25, 0.3) is 6.08 Å². The average molecular weight is 413 g/mol. The second-order valence-corrected chi connectivity index (χ2v) is 7.12. The lowest BCUT2D eigenvalue weighted by atomic mass is 10.1. The first-order chi connectivity index (χ1) is 14.3. The molecule has 2 rings (SSSR count). The number of likely N-dealkylation sites (N-methyl/N-ethyl adjacent to an activating group) is 1. The smallest absolute Gasteiger partial charge is 0.244 e. The van der Waals surface area contributed by atoms with E-state index in [-0.39, 0.29) is 30.2 Å². The maximum absolute atomic E-state index is 13.5. The molecule has 2 N–H and O–H groups in total. The van der Waals surface area contributed by atoms with Gasteiger partial charge >= 0.3 is 0 Å². The Bertz CT molecular complexity index is 882. The Kier molecular flexibility index (Phi) is 8.55. The van der Waals surface area contributed by atoms with Crippen molar-refractivity contribution in [2.75, 3.05) is 27.7 Å². The summed E-state index contributed by atoms with van der Waals surface area (Å²) in [6.45, 7) is 1.90. The Hall–Kier alpha value is -3.19. The molecule has 0 bridgehead atoms. The molecule has 6 nitrogen and oxygen atoms in total. The number of benzene rings is 2. The monoisotopic (exact) mass is 413 g/mol. The van der Waals surface area contributed by atoms with E-state index in [1.165, 1.54) is 18.2 Å². The van der Waals surface area contributed by atoms with Gasteiger partial charge in [0.25, 0.3) is 0 Å². The lowest BCUT2D eigenvalue weighted by molar-refractivity contribution is -0.126. The minimum Gasteiger partial charge on any atom is -0.497 e. The zero-order valence-electron chi connectivity index (χ0n) is 17.7. The van der Waals surface area contributed by atoms with Crippen LogP contribution in [-0.4, -0.2) is 50.5 Å². The predicted molar refractivity (Wildman–Crippen MR) is 115 cm³/mol. The molecule has 160 valence electrons. The number of amides is 2. The molecule has 0 aliphatic rings. The van der Waals surface area contributed by atoms with Gasteiger partial charge in [0.2, 0.25) is 11.8 Å². The summed E-state index contributed by atoms with van der Waals surface area (Å²) in [5.74, 6) is -0.279. The van der Waals surface area contributed by atoms with Crippen LogP contribution in [0.15, 0.2) is 54.6 Å². The molecule has 2 atom stereocenters. The summed E-state index contributed by atoms with van der Waals surface area (Å²) in [6, 6.07) is 12.6. The lowest BCUT2D eigenvalue weighted by Gasteiger charge is -2.26. The van der Waals surface area contributed by atoms with Crippen LogP contribution >= 0.6 is 0 Å². The van der Waals surface area contributed by atoms with Gasteiger partial charge in [0.15, 0.2) is 0 Å². The van der Waals surface area contributed by atoms with Gasteiger partial charge in [0, 0.05) is 12.6 Å². The summed E-state index contributed by atoms with van der Waals surface area (Å²) < 4.78 is 18.6. The summed E-state index contributed by atoms with van der Waals surface area (Å²) in [5.41, 5.74) is 1.60. The Morgan fingerprint density at radius 1 is 1.17 bits per heavy atom. The van der Waals surface area contributed by atoms with Gasteiger partial charge in [-0.3, -0.25) is 9.59 Å². The van der Waals surface area contributed by atoms with Crippen LogP contribution in [0.5, 0.6) is 5.75 Å². The highest BCUT2D eigenvalue weighted by Crippen LogP contribution is 2.18. The highest BCUT2D eigenvalue weighted by atomic mass is 19.1. The molecule has 2 unspecified atom stereocenters. The number of nitrogens with one attached hydrogen (secondary N) is 2. The molecule has 0 saturated carbocycles. The van der Waals surface area contributed by atoms with Crippen LogP contribution in [0, 0.1) is 5.82 Å². The maximum atomic E-state index is 13.5. The summed E-state index contributed by atoms with van der Waals surface area (Å²) in [6.07, 6.45) is 3.03. The molecule has 30 heavy (non-hydrogen) atoms. The van der Waals surface area contributed by atoms with E-state index >= 15 is 0 Å². The summed E-state index contributed by atoms with van der Waals surface area (Å²) in [7, 11) is 5.30. The maximum Gasteiger partial charge on any atom is 0.244 e. The first-order valence-corrected chi connectivity index (χ1v) is 9.62. The molecule has 0 fully saturated rings. The SMILES string of the molecule is COc1ccc(/C=C/C(=O)NC(C)C(=O)NCC(c2cccc(F)c2)N(C)C)cc1. The van der Waals surface area contributed by atoms with Gasteiger partial charge in [-0.2, -0.15) is 0 Å². The van der Waals surface area contributed by atoms with Gasteiger partial charge in [-0.25, -0.2) is 4.39 Å². The van der Waals surface area contributed by atoms with E-state index in [0.717, 1.165) is 16.9 Å². The van der Waals surface area contributed by atoms with Gasteiger partial charge in [0.1, 0.15) is 17.6 Å². The Labute approximate surface area is 176 Å². The molecular weight excluding hydrogens is 385 g/mol. The first-order valence-electron chi connectivity index (χ1n) is 9.62. The van der Waals surface area contributed by atoms with Crippen molar-refractivity contribution in [3.63, 3.8) is 0 Å². The molecule has 0 saturated heterocycles. The predicted octanol–water partition coefficient (Wildman–Crippen LogP) is 2.77. The van der Waals surface area contributed by atoms with E-state index in [4.69, 9.17) is 4.74 Å². The number of carbonyl (C=O) groups excluding carboxylic acids is 2. The van der Waals surface area contributed by atoms with Crippen LogP contribution in [0.2, 0.25) is 0 Å². The topological polar surface area (TPSA) is 70.7 Å². The van der Waals surface area contributed by atoms with Crippen molar-refractivity contribution in [3.8, 4) is 5.75 Å². The van der Waals surface area contributed by atoms with Crippen molar-refractivity contribution >= 4 is 17.9 Å². The van der Waals surface area contributed by atoms with E-state index in [1.54, 1.807) is 38.3 Å². The molecule has 0 heterocycles. The Morgan fingerprint density at radius 3 is 2.47 bits per heavy atom. The van der Waals surface area contributed by atoms with Crippen molar-refractivity contribution in [3.05, 3.63) is 71.6 Å². The number of hydrogen-bond donors (Lipinski definition) is 2. The third-order valence-corrected chi connectivity index (χ3v) is 4.62. The number of hydrogen-bond acceptors (Lipinski definition) is 4. The van der Waals surface area contributed by atoms with E-state index in [0.29, 0.717) is 0 Å². The minimum absolute atomic E-state index is 0.192. The fraction of sp³-hybridized carbons (Fsp3) is 0.304. The normalized spacial score (nSPS) is 13.1. The minimum atomic E-state index is -0.715. The number of methoxy groups -OCH3 is 1. The average Bonchev–Trinajstić information content (AvgIpc) is 2.72. The first kappa shape index (κ1) is 23.1. The van der Waals surface area contributed by atoms with Gasteiger partial charge in [-0.05, 0) is 62.5 Å². The molecule has 2 aromatic carbocycles. The fourth-order valence-electron chi connectivity index (χ4n) is 2.88. The summed E-state index contributed by atoms with van der Waals surface area (Å²) >= 11 is 0. The molecule has 2 aromatic rings. The molecule has 0 aliphatic heterocycles. The number of rotatable bonds is 9. The van der Waals surface area contributed by atoms with Gasteiger partial charge in [-0.1, -0.05) is 24.3 Å². The van der Waals surface area contributed by atoms with Gasteiger partial charge < -0.3 is 20.3 Å². The standard InChI is InChI=1S/C23H28FN3O3/c1-16(26-22(28)13-10-17-8-11-20(30-4)12-9-17)23(29)25-15-21(27(2)3)18-6-5-7-19(24)14-18/h5-14,16,21H,15H2,1-4H3,(H,25,29)(H,26,28)/b13-10+. The molecule has 7 heteroatoms. The third-order valence-electron chi connectivity index (χ3n) is 4.62. The number of halogens is 1. The van der Waals surface area contributed by atoms with Crippen molar-refractivity contribution in [1.29, 1.82) is 0 Å². The quantitative estimate of drug-likeness (QED) is 0.621. The molecular formula is C23H28FN3O3. The van der Waals surface area contributed by atoms with E-state index in [1.807, 2.05) is 37.2 Å². The van der Waals surface area contributed by atoms with Crippen LogP contribution in [0.4, 0.5) is 4.39 Å². The van der Waals surface area contributed by atoms with Crippen molar-refractivity contribution in [1.82, 2.24) is 15.5 Å². The molecule has 2 amide bonds. The van der Waals surface area contributed by atoms with Gasteiger partial charge in [-0.15, -0.1) is 0 Å². The zero-order chi connectivity index (χ0) is 22.1. The second-order valence-electron chi connectivity index (χ2n) is 7.12. The van der Waals surface area contributed by atoms with Crippen molar-refractivity contribution < 1.29 is 18.7 Å². The summed E-state index contributed by atoms with van der Waals surface area (Å²) in [5, 5.41) is 5.46. The Balaban J connectivity index is 1.88. The molecule has 0 aromatic heterocycles. The zero-order valence-corrected chi connectivity index (χ0v) is 17.7. The van der Waals surface area contributed by atoms with Crippen LogP contribution in [-0.2, 0) is 9.59 Å². The van der Waals surface area contributed by atoms with Crippen LogP contribution in [0.1, 0.15) is 24.1 Å². The van der Waals surface area contributed by atoms with Gasteiger partial charge in [0.05, 0.1) is 13.2 Å². The number of ether oxygens (including phenoxy) is 1. The largest absolute Gasteiger partial charge is 0.497 e. The molecule has 0 radical (unpaired) electrons. The summed E-state index contributed by atoms with van der Waals surface area (Å²) in [4.78, 5) is 26.4. The number of nitrogens with zero attached hydrogens (tertiary/aromatic N) is 1. The highest BCUT2D eigenvalue weighted by Gasteiger charge is 2.19. The van der Waals surface area contributed by atoms with Crippen LogP contribution < -0.4 is 15.4 Å². The van der Waals surface area contributed by atoms with Crippen molar-refractivity contribution in [2.24, 2.45) is 0 Å². The molecule has 0 spiro atoms. The van der Waals surface area contributed by atoms with Crippen molar-refractivity contribution in [2.45, 2.75) is 19.0 Å². The van der Waals surface area contributed by atoms with E-state index in [2.05, 4.69) is 10.6 Å². The van der Waals surface area contributed by atoms with E-state index in [9.17, 15) is 14.0 Å². The van der Waals surface area contributed by atoms with E-state index < -0.39 is 6.04 Å². The second kappa shape index (κ2) is 11.1. The lowest BCUT2D eigenvalue weighted by Crippen LogP contribution is -2.46. The molecule has 0 aliphatic carbocycles. The highest BCUT2D eigenvalue weighted by molar-refractivity contribution is 5.95. The third kappa shape index (κ3) is 7.00. The Morgan fingerprint density at radius 2 is 1.87 bits per heavy atom.